The first kappa shape index (κ1) is 26.8. The molecule has 19 heavy (non-hydrogen) atoms. The third-order valence-electron chi connectivity index (χ3n) is 1.93. The lowest BCUT2D eigenvalue weighted by molar-refractivity contribution is -0.303. The average molecular weight is 281 g/mol. The molecule has 0 rings (SSSR count). The molecule has 0 aliphatic rings. The predicted octanol–water partition coefficient (Wildman–Crippen LogP) is 2.78. The summed E-state index contributed by atoms with van der Waals surface area (Å²) < 4.78 is 0. The van der Waals surface area contributed by atoms with Crippen LogP contribution in [0.2, 0.25) is 0 Å². The third kappa shape index (κ3) is 31.7. The Morgan fingerprint density at radius 1 is 1.26 bits per heavy atom. The molecule has 0 aromatic rings. The Kier molecular flexibility index (Phi) is 31.8. The minimum Gasteiger partial charge on any atom is -0.394 e. The molecule has 0 spiro atoms. The van der Waals surface area contributed by atoms with Crippen molar-refractivity contribution in [3.8, 4) is 0 Å². The van der Waals surface area contributed by atoms with Crippen LogP contribution < -0.4 is 5.32 Å². The zero-order valence-electron chi connectivity index (χ0n) is 11.5. The lowest BCUT2D eigenvalue weighted by Crippen LogP contribution is -2.19. The molecule has 0 heterocycles. The second-order valence-corrected chi connectivity index (χ2v) is 3.83. The predicted molar refractivity (Wildman–Crippen MR) is 80.9 cm³/mol. The summed E-state index contributed by atoms with van der Waals surface area (Å²) >= 11 is 0. The van der Waals surface area contributed by atoms with E-state index in [1.165, 1.54) is 6.92 Å². The minimum absolute atomic E-state index is 0. The van der Waals surface area contributed by atoms with Gasteiger partial charge in [-0.05, 0) is 12.3 Å². The summed E-state index contributed by atoms with van der Waals surface area (Å²) in [7, 11) is 0. The first-order valence-corrected chi connectivity index (χ1v) is 6.18. The van der Waals surface area contributed by atoms with Crippen LogP contribution in [-0.2, 0) is 14.6 Å². The molecule has 0 fully saturated rings. The molecule has 0 saturated heterocycles. The van der Waals surface area contributed by atoms with Crippen molar-refractivity contribution in [3.05, 3.63) is 0 Å². The molecule has 5 heteroatoms. The number of aliphatic hydroxyl groups excluding tert-OH is 1. The van der Waals surface area contributed by atoms with Crippen molar-refractivity contribution in [3.63, 3.8) is 0 Å². The van der Waals surface area contributed by atoms with Crippen LogP contribution in [0.5, 0.6) is 0 Å². The zero-order valence-corrected chi connectivity index (χ0v) is 11.5. The Morgan fingerprint density at radius 2 is 1.84 bits per heavy atom. The maximum absolute atomic E-state index is 10.1. The van der Waals surface area contributed by atoms with Crippen molar-refractivity contribution in [2.24, 2.45) is 5.92 Å². The van der Waals surface area contributed by atoms with E-state index in [9.17, 15) is 4.79 Å². The highest BCUT2D eigenvalue weighted by Crippen LogP contribution is 2.00. The van der Waals surface area contributed by atoms with Gasteiger partial charge in [0.15, 0.2) is 0 Å². The lowest BCUT2D eigenvalue weighted by Gasteiger charge is -2.06. The van der Waals surface area contributed by atoms with Gasteiger partial charge in [-0.3, -0.25) is 4.79 Å². The summed E-state index contributed by atoms with van der Waals surface area (Å²) in [5, 5.41) is 10.9. The van der Waals surface area contributed by atoms with Crippen LogP contribution >= 0.6 is 0 Å². The number of aliphatic hydroxyl groups is 1. The van der Waals surface area contributed by atoms with Crippen molar-refractivity contribution in [2.45, 2.75) is 55.4 Å². The first-order chi connectivity index (χ1) is 8.08. The Bertz CT molecular complexity index is 166. The Hall–Kier alpha value is -0.650. The quantitative estimate of drug-likeness (QED) is 0.408. The van der Waals surface area contributed by atoms with E-state index in [-0.39, 0.29) is 34.0 Å². The van der Waals surface area contributed by atoms with E-state index in [0.717, 1.165) is 19.4 Å². The van der Waals surface area contributed by atoms with Crippen LogP contribution in [0, 0.1) is 5.92 Å². The van der Waals surface area contributed by atoms with Gasteiger partial charge in [0.1, 0.15) is 6.61 Å². The van der Waals surface area contributed by atoms with Gasteiger partial charge in [-0.15, -0.1) is 0 Å². The van der Waals surface area contributed by atoms with E-state index in [2.05, 4.69) is 24.1 Å². The van der Waals surface area contributed by atoms with E-state index in [1.807, 2.05) is 6.92 Å². The molecule has 2 N–H and O–H groups in total. The number of nitrogens with one attached hydrogen (secondary N) is 1. The number of hydrogen-bond acceptors (Lipinski definition) is 4. The standard InChI is InChI=1S/C7H16O3.C5H11NO.2CH4/c1-3-7(2)6-10-9-5-4-8;1-3-4-6-5(2)7;;/h7-8H,3-6H2,1-2H3;3-4H2,1-2H3,(H,6,7);2*1H4. The normalized spacial score (nSPS) is 10.2. The van der Waals surface area contributed by atoms with Gasteiger partial charge in [0.25, 0.3) is 0 Å². The van der Waals surface area contributed by atoms with Gasteiger partial charge in [-0.25, -0.2) is 9.78 Å². The maximum Gasteiger partial charge on any atom is 0.216 e. The topological polar surface area (TPSA) is 67.8 Å². The molecule has 0 saturated carbocycles. The van der Waals surface area contributed by atoms with Gasteiger partial charge < -0.3 is 10.4 Å². The summed E-state index contributed by atoms with van der Waals surface area (Å²) in [6.07, 6.45) is 2.10. The fraction of sp³-hybridized carbons (Fsp3) is 0.929. The number of carbonyl (C=O) groups is 1. The van der Waals surface area contributed by atoms with Gasteiger partial charge in [0, 0.05) is 13.5 Å². The second-order valence-electron chi connectivity index (χ2n) is 3.83. The van der Waals surface area contributed by atoms with Crippen LogP contribution in [0.15, 0.2) is 0 Å². The molecule has 0 bridgehead atoms. The molecule has 120 valence electrons. The summed E-state index contributed by atoms with van der Waals surface area (Å²) in [6, 6.07) is 0. The number of hydrogen-bond donors (Lipinski definition) is 2. The fourth-order valence-corrected chi connectivity index (χ4v) is 0.679. The summed E-state index contributed by atoms with van der Waals surface area (Å²) in [5.74, 6) is 0.584. The highest BCUT2D eigenvalue weighted by atomic mass is 17.2. The molecule has 0 aromatic carbocycles. The monoisotopic (exact) mass is 281 g/mol. The molecule has 5 nitrogen and oxygen atoms in total. The molecular formula is C14H35NO4. The molecule has 0 aliphatic heterocycles. The van der Waals surface area contributed by atoms with Gasteiger partial charge in [0.05, 0.1) is 13.2 Å². The van der Waals surface area contributed by atoms with Crippen LogP contribution in [0.3, 0.4) is 0 Å². The summed E-state index contributed by atoms with van der Waals surface area (Å²) in [4.78, 5) is 19.5. The SMILES string of the molecule is C.C.CCC(C)COOCCO.CCCNC(C)=O. The summed E-state index contributed by atoms with van der Waals surface area (Å²) in [5.41, 5.74) is 0. The largest absolute Gasteiger partial charge is 0.394 e. The van der Waals surface area contributed by atoms with Crippen molar-refractivity contribution >= 4 is 5.91 Å². The number of rotatable bonds is 8. The zero-order chi connectivity index (χ0) is 13.5. The molecule has 0 aliphatic carbocycles. The van der Waals surface area contributed by atoms with E-state index < -0.39 is 0 Å². The van der Waals surface area contributed by atoms with Crippen LogP contribution in [0.1, 0.15) is 55.4 Å². The molecule has 1 amide bonds. The number of carbonyl (C=O) groups excluding carboxylic acids is 1. The third-order valence-corrected chi connectivity index (χ3v) is 1.93. The van der Waals surface area contributed by atoms with Crippen molar-refractivity contribution < 1.29 is 19.7 Å². The van der Waals surface area contributed by atoms with Gasteiger partial charge in [-0.1, -0.05) is 42.0 Å². The minimum atomic E-state index is 0. The highest BCUT2D eigenvalue weighted by Gasteiger charge is 1.97. The summed E-state index contributed by atoms with van der Waals surface area (Å²) in [6.45, 7) is 9.41. The van der Waals surface area contributed by atoms with Crippen molar-refractivity contribution in [1.29, 1.82) is 0 Å². The van der Waals surface area contributed by atoms with E-state index in [1.54, 1.807) is 0 Å². The highest BCUT2D eigenvalue weighted by molar-refractivity contribution is 5.72. The maximum atomic E-state index is 10.1. The van der Waals surface area contributed by atoms with Crippen molar-refractivity contribution in [1.82, 2.24) is 5.32 Å². The molecule has 0 radical (unpaired) electrons. The van der Waals surface area contributed by atoms with Gasteiger partial charge in [0.2, 0.25) is 5.91 Å². The van der Waals surface area contributed by atoms with E-state index >= 15 is 0 Å². The Morgan fingerprint density at radius 3 is 2.16 bits per heavy atom. The van der Waals surface area contributed by atoms with Crippen LogP contribution in [0.25, 0.3) is 0 Å². The second kappa shape index (κ2) is 22.5. The smallest absolute Gasteiger partial charge is 0.216 e. The van der Waals surface area contributed by atoms with E-state index in [4.69, 9.17) is 9.99 Å². The van der Waals surface area contributed by atoms with Crippen LogP contribution in [-0.4, -0.2) is 37.4 Å². The van der Waals surface area contributed by atoms with Gasteiger partial charge in [-0.2, -0.15) is 0 Å². The van der Waals surface area contributed by atoms with E-state index in [0.29, 0.717) is 12.5 Å². The molecule has 1 unspecified atom stereocenters. The fourth-order valence-electron chi connectivity index (χ4n) is 0.679. The molecule has 0 aromatic heterocycles. The number of amides is 1. The van der Waals surface area contributed by atoms with Crippen LogP contribution in [0.4, 0.5) is 0 Å². The Balaban J connectivity index is -0.000000112. The lowest BCUT2D eigenvalue weighted by atomic mass is 10.1. The molecular weight excluding hydrogens is 246 g/mol. The average Bonchev–Trinajstić information content (AvgIpc) is 2.32. The van der Waals surface area contributed by atoms with Gasteiger partial charge >= 0.3 is 0 Å². The Labute approximate surface area is 119 Å². The molecule has 1 atom stereocenters. The first-order valence-electron chi connectivity index (χ1n) is 6.18. The van der Waals surface area contributed by atoms with Crippen molar-refractivity contribution in [2.75, 3.05) is 26.4 Å².